The summed E-state index contributed by atoms with van der Waals surface area (Å²) in [4.78, 5) is 2.17. The first-order chi connectivity index (χ1) is 5.72. The molecular formula is C9H16N2O. The normalized spacial score (nSPS) is 31.4. The molecule has 1 rings (SSSR count). The highest BCUT2D eigenvalue weighted by Gasteiger charge is 2.22. The highest BCUT2D eigenvalue weighted by Crippen LogP contribution is 2.15. The molecular weight excluding hydrogens is 152 g/mol. The summed E-state index contributed by atoms with van der Waals surface area (Å²) in [5.41, 5.74) is 0. The Morgan fingerprint density at radius 1 is 1.58 bits per heavy atom. The lowest BCUT2D eigenvalue weighted by atomic mass is 9.98. The number of likely N-dealkylation sites (tertiary alicyclic amines) is 1. The summed E-state index contributed by atoms with van der Waals surface area (Å²) in [6.07, 6.45) is 1.29. The second-order valence-electron chi connectivity index (χ2n) is 3.66. The van der Waals surface area contributed by atoms with E-state index in [1.165, 1.54) is 0 Å². The highest BCUT2D eigenvalue weighted by molar-refractivity contribution is 4.79. The van der Waals surface area contributed by atoms with Gasteiger partial charge >= 0.3 is 0 Å². The van der Waals surface area contributed by atoms with E-state index >= 15 is 0 Å². The van der Waals surface area contributed by atoms with Crippen molar-refractivity contribution in [2.75, 3.05) is 19.6 Å². The van der Waals surface area contributed by atoms with Crippen molar-refractivity contribution >= 4 is 0 Å². The zero-order valence-corrected chi connectivity index (χ0v) is 7.53. The van der Waals surface area contributed by atoms with Crippen LogP contribution < -0.4 is 0 Å². The fourth-order valence-corrected chi connectivity index (χ4v) is 1.82. The summed E-state index contributed by atoms with van der Waals surface area (Å²) in [5, 5.41) is 17.8. The molecule has 3 heteroatoms. The van der Waals surface area contributed by atoms with Crippen molar-refractivity contribution in [3.63, 3.8) is 0 Å². The molecule has 12 heavy (non-hydrogen) atoms. The van der Waals surface area contributed by atoms with Crippen LogP contribution in [0.4, 0.5) is 0 Å². The largest absolute Gasteiger partial charge is 0.392 e. The third-order valence-corrected chi connectivity index (χ3v) is 2.25. The van der Waals surface area contributed by atoms with E-state index in [0.717, 1.165) is 26.1 Å². The molecule has 1 heterocycles. The van der Waals surface area contributed by atoms with Crippen molar-refractivity contribution in [3.8, 4) is 6.07 Å². The number of β-amino-alcohol motifs (C(OH)–C–C–N with tert-alkyl or cyclic N) is 1. The van der Waals surface area contributed by atoms with Gasteiger partial charge in [0.1, 0.15) is 0 Å². The van der Waals surface area contributed by atoms with E-state index in [4.69, 9.17) is 5.26 Å². The van der Waals surface area contributed by atoms with Gasteiger partial charge in [0.25, 0.3) is 0 Å². The lowest BCUT2D eigenvalue weighted by molar-refractivity contribution is 0.0459. The minimum Gasteiger partial charge on any atom is -0.392 e. The zero-order valence-electron chi connectivity index (χ0n) is 7.53. The summed E-state index contributed by atoms with van der Waals surface area (Å²) in [6, 6.07) is 2.12. The monoisotopic (exact) mass is 168 g/mol. The van der Waals surface area contributed by atoms with Gasteiger partial charge in [0, 0.05) is 26.1 Å². The van der Waals surface area contributed by atoms with Gasteiger partial charge in [-0.3, -0.25) is 4.90 Å². The van der Waals surface area contributed by atoms with Crippen LogP contribution in [0.2, 0.25) is 0 Å². The van der Waals surface area contributed by atoms with Crippen LogP contribution in [0.15, 0.2) is 0 Å². The summed E-state index contributed by atoms with van der Waals surface area (Å²) < 4.78 is 0. The van der Waals surface area contributed by atoms with Crippen LogP contribution in [0, 0.1) is 17.2 Å². The first-order valence-electron chi connectivity index (χ1n) is 4.49. The molecule has 1 fully saturated rings. The molecule has 0 bridgehead atoms. The molecule has 0 saturated carbocycles. The number of aliphatic hydroxyl groups excluding tert-OH is 1. The van der Waals surface area contributed by atoms with Gasteiger partial charge in [0.05, 0.1) is 12.2 Å². The van der Waals surface area contributed by atoms with Crippen molar-refractivity contribution in [1.29, 1.82) is 5.26 Å². The third kappa shape index (κ3) is 2.80. The first-order valence-corrected chi connectivity index (χ1v) is 4.49. The Morgan fingerprint density at radius 3 is 2.92 bits per heavy atom. The van der Waals surface area contributed by atoms with Crippen LogP contribution in [0.3, 0.4) is 0 Å². The molecule has 0 aromatic carbocycles. The van der Waals surface area contributed by atoms with Gasteiger partial charge in [-0.15, -0.1) is 0 Å². The highest BCUT2D eigenvalue weighted by atomic mass is 16.3. The van der Waals surface area contributed by atoms with Gasteiger partial charge in [0.2, 0.25) is 0 Å². The molecule has 0 aliphatic carbocycles. The maximum absolute atomic E-state index is 9.42. The Bertz CT molecular complexity index is 166. The van der Waals surface area contributed by atoms with Crippen LogP contribution in [-0.2, 0) is 0 Å². The van der Waals surface area contributed by atoms with Crippen molar-refractivity contribution in [3.05, 3.63) is 0 Å². The number of rotatable bonds is 2. The predicted octanol–water partition coefficient (Wildman–Crippen LogP) is 0.603. The summed E-state index contributed by atoms with van der Waals surface area (Å²) in [7, 11) is 0. The molecule has 0 radical (unpaired) electrons. The maximum atomic E-state index is 9.42. The fourth-order valence-electron chi connectivity index (χ4n) is 1.82. The Labute approximate surface area is 73.6 Å². The van der Waals surface area contributed by atoms with E-state index in [-0.39, 0.29) is 6.10 Å². The van der Waals surface area contributed by atoms with Crippen molar-refractivity contribution in [2.45, 2.75) is 25.9 Å². The van der Waals surface area contributed by atoms with E-state index < -0.39 is 0 Å². The second-order valence-corrected chi connectivity index (χ2v) is 3.66. The topological polar surface area (TPSA) is 47.3 Å². The summed E-state index contributed by atoms with van der Waals surface area (Å²) in [5.74, 6) is 0.562. The number of hydrogen-bond acceptors (Lipinski definition) is 3. The molecule has 0 amide bonds. The van der Waals surface area contributed by atoms with Crippen molar-refractivity contribution in [2.24, 2.45) is 5.92 Å². The van der Waals surface area contributed by atoms with Gasteiger partial charge in [-0.2, -0.15) is 5.26 Å². The number of hydrogen-bond donors (Lipinski definition) is 1. The van der Waals surface area contributed by atoms with Gasteiger partial charge in [-0.25, -0.2) is 0 Å². The van der Waals surface area contributed by atoms with Gasteiger partial charge < -0.3 is 5.11 Å². The minimum absolute atomic E-state index is 0.188. The fraction of sp³-hybridized carbons (Fsp3) is 0.889. The van der Waals surface area contributed by atoms with Crippen LogP contribution in [-0.4, -0.2) is 35.7 Å². The van der Waals surface area contributed by atoms with Crippen LogP contribution in [0.25, 0.3) is 0 Å². The average Bonchev–Trinajstić information content (AvgIpc) is 1.99. The lowest BCUT2D eigenvalue weighted by Gasteiger charge is -2.33. The maximum Gasteiger partial charge on any atom is 0.0670 e. The lowest BCUT2D eigenvalue weighted by Crippen LogP contribution is -2.42. The van der Waals surface area contributed by atoms with E-state index in [1.54, 1.807) is 0 Å². The van der Waals surface area contributed by atoms with E-state index in [0.29, 0.717) is 12.3 Å². The molecule has 0 spiro atoms. The Kier molecular flexibility index (Phi) is 3.51. The van der Waals surface area contributed by atoms with E-state index in [1.807, 2.05) is 0 Å². The molecule has 1 saturated heterocycles. The molecule has 1 aliphatic heterocycles. The van der Waals surface area contributed by atoms with Gasteiger partial charge in [-0.1, -0.05) is 6.92 Å². The van der Waals surface area contributed by atoms with Crippen molar-refractivity contribution < 1.29 is 5.11 Å². The van der Waals surface area contributed by atoms with Crippen LogP contribution in [0.1, 0.15) is 19.8 Å². The van der Waals surface area contributed by atoms with E-state index in [9.17, 15) is 5.11 Å². The summed E-state index contributed by atoms with van der Waals surface area (Å²) in [6.45, 7) is 4.71. The molecule has 1 N–H and O–H groups in total. The van der Waals surface area contributed by atoms with Crippen LogP contribution >= 0.6 is 0 Å². The zero-order chi connectivity index (χ0) is 8.97. The van der Waals surface area contributed by atoms with E-state index in [2.05, 4.69) is 17.9 Å². The van der Waals surface area contributed by atoms with Crippen molar-refractivity contribution in [1.82, 2.24) is 4.90 Å². The molecule has 0 aromatic heterocycles. The van der Waals surface area contributed by atoms with Gasteiger partial charge in [-0.05, 0) is 12.3 Å². The minimum atomic E-state index is -0.188. The standard InChI is InChI=1S/C9H16N2O/c1-8-5-9(12)7-11(6-8)4-2-3-10/h8-9,12H,2,4-7H2,1H3. The SMILES string of the molecule is CC1CC(O)CN(CCC#N)C1. The molecule has 2 unspecified atom stereocenters. The Balaban J connectivity index is 2.30. The molecule has 0 aromatic rings. The molecule has 2 atom stereocenters. The predicted molar refractivity (Wildman–Crippen MR) is 46.5 cm³/mol. The third-order valence-electron chi connectivity index (χ3n) is 2.25. The number of piperidine rings is 1. The number of nitrogens with zero attached hydrogens (tertiary/aromatic N) is 2. The average molecular weight is 168 g/mol. The molecule has 1 aliphatic rings. The number of aliphatic hydroxyl groups is 1. The first kappa shape index (κ1) is 9.50. The van der Waals surface area contributed by atoms with Crippen LogP contribution in [0.5, 0.6) is 0 Å². The second kappa shape index (κ2) is 4.44. The Hall–Kier alpha value is -0.590. The smallest absolute Gasteiger partial charge is 0.0670 e. The number of nitriles is 1. The Morgan fingerprint density at radius 2 is 2.33 bits per heavy atom. The van der Waals surface area contributed by atoms with Gasteiger partial charge in [0.15, 0.2) is 0 Å². The molecule has 68 valence electrons. The summed E-state index contributed by atoms with van der Waals surface area (Å²) >= 11 is 0. The quantitative estimate of drug-likeness (QED) is 0.657. The molecule has 3 nitrogen and oxygen atoms in total.